The number of hydrogen-bond donors (Lipinski definition) is 2. The fourth-order valence-corrected chi connectivity index (χ4v) is 2.92. The zero-order chi connectivity index (χ0) is 19.1. The van der Waals surface area contributed by atoms with Crippen molar-refractivity contribution in [1.82, 2.24) is 4.98 Å². The predicted molar refractivity (Wildman–Crippen MR) is 111 cm³/mol. The molecule has 0 atom stereocenters. The molecule has 4 nitrogen and oxygen atoms in total. The van der Waals surface area contributed by atoms with Crippen molar-refractivity contribution in [2.75, 3.05) is 10.6 Å². The van der Waals surface area contributed by atoms with Crippen molar-refractivity contribution in [3.05, 3.63) is 84.1 Å². The van der Waals surface area contributed by atoms with Crippen LogP contribution < -0.4 is 10.6 Å². The molecule has 0 bridgehead atoms. The van der Waals surface area contributed by atoms with Crippen LogP contribution in [0.25, 0.3) is 0 Å². The lowest BCUT2D eigenvalue weighted by Crippen LogP contribution is -2.12. The number of nitrogens with one attached hydrogen (secondary N) is 2. The highest BCUT2D eigenvalue weighted by molar-refractivity contribution is 5.90. The summed E-state index contributed by atoms with van der Waals surface area (Å²) in [5.74, 6) is 1.17. The SMILES string of the molecule is CC(C)c1ccccc1Nc1ccc(NC(=O)CCc2ccccc2)cn1. The summed E-state index contributed by atoms with van der Waals surface area (Å²) < 4.78 is 0. The highest BCUT2D eigenvalue weighted by Crippen LogP contribution is 2.26. The van der Waals surface area contributed by atoms with Gasteiger partial charge in [0.05, 0.1) is 11.9 Å². The smallest absolute Gasteiger partial charge is 0.224 e. The van der Waals surface area contributed by atoms with E-state index in [0.29, 0.717) is 18.0 Å². The Morgan fingerprint density at radius 2 is 1.70 bits per heavy atom. The number of benzene rings is 2. The molecular formula is C23H25N3O. The Labute approximate surface area is 160 Å². The molecule has 0 fully saturated rings. The van der Waals surface area contributed by atoms with Gasteiger partial charge in [-0.1, -0.05) is 62.4 Å². The molecule has 3 rings (SSSR count). The molecule has 0 saturated heterocycles. The quantitative estimate of drug-likeness (QED) is 0.584. The first-order valence-corrected chi connectivity index (χ1v) is 9.27. The summed E-state index contributed by atoms with van der Waals surface area (Å²) in [4.78, 5) is 16.5. The monoisotopic (exact) mass is 359 g/mol. The fraction of sp³-hybridized carbons (Fsp3) is 0.217. The number of anilines is 3. The number of rotatable bonds is 7. The summed E-state index contributed by atoms with van der Waals surface area (Å²) in [6.45, 7) is 4.34. The molecule has 0 radical (unpaired) electrons. The van der Waals surface area contributed by atoms with Gasteiger partial charge in [-0.15, -0.1) is 0 Å². The minimum Gasteiger partial charge on any atom is -0.340 e. The number of amides is 1. The van der Waals surface area contributed by atoms with Crippen molar-refractivity contribution in [3.63, 3.8) is 0 Å². The van der Waals surface area contributed by atoms with Crippen LogP contribution in [-0.2, 0) is 11.2 Å². The van der Waals surface area contributed by atoms with Gasteiger partial charge in [0.15, 0.2) is 0 Å². The number of carbonyl (C=O) groups is 1. The first kappa shape index (κ1) is 18.6. The molecule has 4 heteroatoms. The van der Waals surface area contributed by atoms with E-state index in [2.05, 4.69) is 41.6 Å². The maximum absolute atomic E-state index is 12.1. The second-order valence-electron chi connectivity index (χ2n) is 6.83. The molecule has 0 aliphatic carbocycles. The predicted octanol–water partition coefficient (Wildman–Crippen LogP) is 5.52. The van der Waals surface area contributed by atoms with Crippen molar-refractivity contribution in [2.45, 2.75) is 32.6 Å². The maximum Gasteiger partial charge on any atom is 0.224 e. The van der Waals surface area contributed by atoms with Gasteiger partial charge in [-0.25, -0.2) is 4.98 Å². The largest absolute Gasteiger partial charge is 0.340 e. The Balaban J connectivity index is 1.56. The Hall–Kier alpha value is -3.14. The summed E-state index contributed by atoms with van der Waals surface area (Å²) in [6, 6.07) is 22.0. The standard InChI is InChI=1S/C23H25N3O/c1-17(2)20-10-6-7-11-21(20)26-22-14-13-19(16-24-22)25-23(27)15-12-18-8-4-3-5-9-18/h3-11,13-14,16-17H,12,15H2,1-2H3,(H,24,26)(H,25,27). The van der Waals surface area contributed by atoms with Gasteiger partial charge in [-0.2, -0.15) is 0 Å². The summed E-state index contributed by atoms with van der Waals surface area (Å²) in [5.41, 5.74) is 4.17. The number of aromatic nitrogens is 1. The van der Waals surface area contributed by atoms with Gasteiger partial charge in [0.2, 0.25) is 5.91 Å². The van der Waals surface area contributed by atoms with Crippen LogP contribution in [-0.4, -0.2) is 10.9 Å². The Kier molecular flexibility index (Phi) is 6.21. The van der Waals surface area contributed by atoms with Gasteiger partial charge >= 0.3 is 0 Å². The van der Waals surface area contributed by atoms with Crippen LogP contribution in [0.1, 0.15) is 37.3 Å². The average Bonchev–Trinajstić information content (AvgIpc) is 2.69. The molecule has 0 spiro atoms. The number of para-hydroxylation sites is 1. The van der Waals surface area contributed by atoms with E-state index in [1.807, 2.05) is 54.6 Å². The second-order valence-corrected chi connectivity index (χ2v) is 6.83. The molecule has 0 aliphatic rings. The minimum atomic E-state index is -0.00786. The van der Waals surface area contributed by atoms with E-state index in [1.165, 1.54) is 5.56 Å². The van der Waals surface area contributed by atoms with Gasteiger partial charge in [0, 0.05) is 12.1 Å². The number of carbonyl (C=O) groups excluding carboxylic acids is 1. The van der Waals surface area contributed by atoms with Crippen LogP contribution in [0.3, 0.4) is 0 Å². The van der Waals surface area contributed by atoms with Gasteiger partial charge < -0.3 is 10.6 Å². The summed E-state index contributed by atoms with van der Waals surface area (Å²) in [7, 11) is 0. The maximum atomic E-state index is 12.1. The molecule has 0 saturated carbocycles. The number of nitrogens with zero attached hydrogens (tertiary/aromatic N) is 1. The van der Waals surface area contributed by atoms with Gasteiger partial charge in [0.25, 0.3) is 0 Å². The molecule has 1 aromatic heterocycles. The van der Waals surface area contributed by atoms with E-state index in [-0.39, 0.29) is 5.91 Å². The van der Waals surface area contributed by atoms with Crippen LogP contribution in [0.2, 0.25) is 0 Å². The van der Waals surface area contributed by atoms with Crippen LogP contribution in [0.5, 0.6) is 0 Å². The Bertz CT molecular complexity index is 874. The third-order valence-corrected chi connectivity index (χ3v) is 4.38. The highest BCUT2D eigenvalue weighted by atomic mass is 16.1. The summed E-state index contributed by atoms with van der Waals surface area (Å²) in [6.07, 6.45) is 2.86. The lowest BCUT2D eigenvalue weighted by Gasteiger charge is -2.14. The highest BCUT2D eigenvalue weighted by Gasteiger charge is 2.07. The molecule has 0 unspecified atom stereocenters. The van der Waals surface area contributed by atoms with Gasteiger partial charge in [-0.05, 0) is 41.7 Å². The van der Waals surface area contributed by atoms with Gasteiger partial charge in [0.1, 0.15) is 5.82 Å². The van der Waals surface area contributed by atoms with E-state index in [4.69, 9.17) is 0 Å². The van der Waals surface area contributed by atoms with Crippen molar-refractivity contribution in [3.8, 4) is 0 Å². The fourth-order valence-electron chi connectivity index (χ4n) is 2.92. The number of hydrogen-bond acceptors (Lipinski definition) is 3. The zero-order valence-corrected chi connectivity index (χ0v) is 15.8. The minimum absolute atomic E-state index is 0.00786. The Morgan fingerprint density at radius 1 is 0.963 bits per heavy atom. The topological polar surface area (TPSA) is 54.0 Å². The molecule has 2 aromatic carbocycles. The van der Waals surface area contributed by atoms with Crippen LogP contribution >= 0.6 is 0 Å². The van der Waals surface area contributed by atoms with E-state index >= 15 is 0 Å². The van der Waals surface area contributed by atoms with Crippen molar-refractivity contribution < 1.29 is 4.79 Å². The van der Waals surface area contributed by atoms with Crippen LogP contribution in [0.15, 0.2) is 72.9 Å². The summed E-state index contributed by atoms with van der Waals surface area (Å²) >= 11 is 0. The normalized spacial score (nSPS) is 10.6. The lowest BCUT2D eigenvalue weighted by atomic mass is 10.0. The number of pyridine rings is 1. The van der Waals surface area contributed by atoms with E-state index < -0.39 is 0 Å². The van der Waals surface area contributed by atoms with E-state index in [9.17, 15) is 4.79 Å². The first-order chi connectivity index (χ1) is 13.1. The molecule has 1 amide bonds. The molecule has 2 N–H and O–H groups in total. The molecular weight excluding hydrogens is 334 g/mol. The van der Waals surface area contributed by atoms with E-state index in [0.717, 1.165) is 23.5 Å². The number of aryl methyl sites for hydroxylation is 1. The van der Waals surface area contributed by atoms with Crippen molar-refractivity contribution >= 4 is 23.1 Å². The van der Waals surface area contributed by atoms with Crippen LogP contribution in [0.4, 0.5) is 17.2 Å². The molecule has 27 heavy (non-hydrogen) atoms. The first-order valence-electron chi connectivity index (χ1n) is 9.27. The third-order valence-electron chi connectivity index (χ3n) is 4.38. The molecule has 138 valence electrons. The van der Waals surface area contributed by atoms with E-state index in [1.54, 1.807) is 6.20 Å². The summed E-state index contributed by atoms with van der Waals surface area (Å²) in [5, 5.41) is 6.26. The second kappa shape index (κ2) is 8.99. The van der Waals surface area contributed by atoms with Crippen molar-refractivity contribution in [2.24, 2.45) is 0 Å². The Morgan fingerprint density at radius 3 is 2.41 bits per heavy atom. The average molecular weight is 359 g/mol. The lowest BCUT2D eigenvalue weighted by molar-refractivity contribution is -0.116. The zero-order valence-electron chi connectivity index (χ0n) is 15.8. The molecule has 3 aromatic rings. The molecule has 1 heterocycles. The molecule has 0 aliphatic heterocycles. The van der Waals surface area contributed by atoms with Crippen molar-refractivity contribution in [1.29, 1.82) is 0 Å². The van der Waals surface area contributed by atoms with Gasteiger partial charge in [-0.3, -0.25) is 4.79 Å². The third kappa shape index (κ3) is 5.42. The van der Waals surface area contributed by atoms with Crippen LogP contribution in [0, 0.1) is 0 Å².